The van der Waals surface area contributed by atoms with E-state index in [9.17, 15) is 5.26 Å². The maximum atomic E-state index is 9.34. The molecule has 2 unspecified atom stereocenters. The van der Waals surface area contributed by atoms with Gasteiger partial charge in [-0.25, -0.2) is 0 Å². The quantitative estimate of drug-likeness (QED) is 0.713. The fraction of sp³-hybridized carbons (Fsp3) is 0.929. The van der Waals surface area contributed by atoms with Crippen LogP contribution in [0.2, 0.25) is 0 Å². The van der Waals surface area contributed by atoms with Crippen LogP contribution in [0.3, 0.4) is 0 Å². The maximum Gasteiger partial charge on any atom is 0.105 e. The van der Waals surface area contributed by atoms with Crippen LogP contribution < -0.4 is 5.32 Å². The number of nitriles is 1. The molecule has 4 nitrogen and oxygen atoms in total. The Kier molecular flexibility index (Phi) is 7.46. The molecule has 0 aromatic carbocycles. The Morgan fingerprint density at radius 2 is 1.72 bits per heavy atom. The Bertz CT molecular complexity index is 269. The van der Waals surface area contributed by atoms with Crippen molar-refractivity contribution in [3.63, 3.8) is 0 Å². The Morgan fingerprint density at radius 1 is 1.17 bits per heavy atom. The molecule has 0 spiro atoms. The number of hydrogen-bond acceptors (Lipinski definition) is 4. The van der Waals surface area contributed by atoms with Crippen molar-refractivity contribution in [1.82, 2.24) is 15.1 Å². The monoisotopic (exact) mass is 254 g/mol. The third-order valence-corrected chi connectivity index (χ3v) is 3.21. The molecule has 0 radical (unpaired) electrons. The largest absolute Gasteiger partial charge is 0.308 e. The highest BCUT2D eigenvalue weighted by atomic mass is 15.2. The molecular formula is C14H30N4. The lowest BCUT2D eigenvalue weighted by molar-refractivity contribution is 0.192. The summed E-state index contributed by atoms with van der Waals surface area (Å²) in [5.74, 6) is 0. The summed E-state index contributed by atoms with van der Waals surface area (Å²) in [6.45, 7) is 10.4. The van der Waals surface area contributed by atoms with E-state index >= 15 is 0 Å². The number of nitrogens with one attached hydrogen (secondary N) is 1. The molecule has 0 fully saturated rings. The van der Waals surface area contributed by atoms with E-state index in [0.29, 0.717) is 12.1 Å². The van der Waals surface area contributed by atoms with Crippen LogP contribution in [0.1, 0.15) is 34.1 Å². The lowest BCUT2D eigenvalue weighted by Crippen LogP contribution is -2.49. The Balaban J connectivity index is 4.34. The number of likely N-dealkylation sites (N-methyl/N-ethyl adjacent to an activating group) is 2. The van der Waals surface area contributed by atoms with E-state index in [4.69, 9.17) is 0 Å². The second-order valence-corrected chi connectivity index (χ2v) is 6.08. The predicted octanol–water partition coefficient (Wildman–Crippen LogP) is 1.54. The first-order valence-corrected chi connectivity index (χ1v) is 6.74. The fourth-order valence-electron chi connectivity index (χ4n) is 2.10. The molecule has 0 saturated heterocycles. The van der Waals surface area contributed by atoms with Crippen molar-refractivity contribution in [3.05, 3.63) is 0 Å². The van der Waals surface area contributed by atoms with Crippen LogP contribution >= 0.6 is 0 Å². The van der Waals surface area contributed by atoms with E-state index in [1.165, 1.54) is 0 Å². The molecule has 4 heteroatoms. The van der Waals surface area contributed by atoms with Crippen molar-refractivity contribution in [2.45, 2.75) is 51.7 Å². The van der Waals surface area contributed by atoms with Gasteiger partial charge in [0.2, 0.25) is 0 Å². The molecule has 0 aliphatic rings. The van der Waals surface area contributed by atoms with Gasteiger partial charge in [0.25, 0.3) is 0 Å². The number of nitrogens with zero attached hydrogens (tertiary/aromatic N) is 3. The second kappa shape index (κ2) is 7.73. The van der Waals surface area contributed by atoms with Crippen molar-refractivity contribution in [1.29, 1.82) is 5.26 Å². The molecule has 0 rings (SSSR count). The molecule has 0 amide bonds. The highest BCUT2D eigenvalue weighted by molar-refractivity contribution is 5.06. The first kappa shape index (κ1) is 17.4. The average Bonchev–Trinajstić information content (AvgIpc) is 2.24. The zero-order chi connectivity index (χ0) is 14.3. The second-order valence-electron chi connectivity index (χ2n) is 6.08. The van der Waals surface area contributed by atoms with Gasteiger partial charge in [0, 0.05) is 25.2 Å². The minimum atomic E-state index is -0.444. The topological polar surface area (TPSA) is 42.3 Å². The van der Waals surface area contributed by atoms with Crippen LogP contribution in [0.25, 0.3) is 0 Å². The zero-order valence-corrected chi connectivity index (χ0v) is 13.1. The van der Waals surface area contributed by atoms with Gasteiger partial charge in [0.05, 0.1) is 6.07 Å². The van der Waals surface area contributed by atoms with Gasteiger partial charge in [0.15, 0.2) is 0 Å². The fourth-order valence-corrected chi connectivity index (χ4v) is 2.10. The van der Waals surface area contributed by atoms with Crippen LogP contribution in [0, 0.1) is 11.3 Å². The summed E-state index contributed by atoms with van der Waals surface area (Å²) in [5, 5.41) is 12.7. The van der Waals surface area contributed by atoms with Gasteiger partial charge in [-0.2, -0.15) is 5.26 Å². The molecule has 1 N–H and O–H groups in total. The summed E-state index contributed by atoms with van der Waals surface area (Å²) in [6.07, 6.45) is 0.839. The van der Waals surface area contributed by atoms with Crippen molar-refractivity contribution < 1.29 is 0 Å². The van der Waals surface area contributed by atoms with Crippen molar-refractivity contribution >= 4 is 0 Å². The van der Waals surface area contributed by atoms with Crippen LogP contribution in [-0.4, -0.2) is 61.7 Å². The summed E-state index contributed by atoms with van der Waals surface area (Å²) in [5.41, 5.74) is -0.444. The summed E-state index contributed by atoms with van der Waals surface area (Å²) in [4.78, 5) is 4.50. The van der Waals surface area contributed by atoms with E-state index in [2.05, 4.69) is 63.1 Å². The van der Waals surface area contributed by atoms with Gasteiger partial charge in [-0.15, -0.1) is 0 Å². The van der Waals surface area contributed by atoms with E-state index < -0.39 is 5.54 Å². The van der Waals surface area contributed by atoms with E-state index in [1.807, 2.05) is 6.92 Å². The summed E-state index contributed by atoms with van der Waals surface area (Å²) >= 11 is 0. The third-order valence-electron chi connectivity index (χ3n) is 3.21. The van der Waals surface area contributed by atoms with Gasteiger partial charge < -0.3 is 9.80 Å². The van der Waals surface area contributed by atoms with Gasteiger partial charge in [0.1, 0.15) is 5.54 Å². The highest BCUT2D eigenvalue weighted by Crippen LogP contribution is 2.15. The normalized spacial score (nSPS) is 16.9. The van der Waals surface area contributed by atoms with E-state index in [0.717, 1.165) is 19.5 Å². The first-order valence-electron chi connectivity index (χ1n) is 6.74. The molecule has 0 heterocycles. The minimum Gasteiger partial charge on any atom is -0.308 e. The maximum absolute atomic E-state index is 9.34. The Hall–Kier alpha value is -0.630. The van der Waals surface area contributed by atoms with Gasteiger partial charge in [-0.05, 0) is 55.3 Å². The smallest absolute Gasteiger partial charge is 0.105 e. The van der Waals surface area contributed by atoms with Crippen LogP contribution in [0.5, 0.6) is 0 Å². The van der Waals surface area contributed by atoms with E-state index in [-0.39, 0.29) is 0 Å². The van der Waals surface area contributed by atoms with Crippen LogP contribution in [0.4, 0.5) is 0 Å². The SMILES string of the molecule is CC(C)NC(C)(C#N)CC(C)N(C)CCN(C)C. The van der Waals surface area contributed by atoms with Gasteiger partial charge in [-0.1, -0.05) is 0 Å². The molecule has 0 bridgehead atoms. The van der Waals surface area contributed by atoms with Crippen molar-refractivity contribution in [2.24, 2.45) is 0 Å². The standard InChI is InChI=1S/C14H30N4/c1-12(2)16-14(4,11-15)10-13(3)18(7)9-8-17(5)6/h12-13,16H,8-10H2,1-7H3. The number of hydrogen-bond donors (Lipinski definition) is 1. The van der Waals surface area contributed by atoms with Crippen LogP contribution in [0.15, 0.2) is 0 Å². The molecule has 106 valence electrons. The van der Waals surface area contributed by atoms with Gasteiger partial charge in [-0.3, -0.25) is 5.32 Å². The van der Waals surface area contributed by atoms with Crippen LogP contribution in [-0.2, 0) is 0 Å². The predicted molar refractivity (Wildman–Crippen MR) is 77.6 cm³/mol. The Labute approximate surface area is 113 Å². The average molecular weight is 254 g/mol. The van der Waals surface area contributed by atoms with Gasteiger partial charge >= 0.3 is 0 Å². The lowest BCUT2D eigenvalue weighted by Gasteiger charge is -2.33. The lowest BCUT2D eigenvalue weighted by atomic mass is 9.93. The molecule has 0 aromatic heterocycles. The van der Waals surface area contributed by atoms with E-state index in [1.54, 1.807) is 0 Å². The minimum absolute atomic E-state index is 0.328. The molecule has 0 saturated carbocycles. The summed E-state index contributed by atoms with van der Waals surface area (Å²) in [7, 11) is 6.29. The summed E-state index contributed by atoms with van der Waals surface area (Å²) in [6, 6.07) is 3.13. The summed E-state index contributed by atoms with van der Waals surface area (Å²) < 4.78 is 0. The Morgan fingerprint density at radius 3 is 2.11 bits per heavy atom. The molecule has 2 atom stereocenters. The molecular weight excluding hydrogens is 224 g/mol. The molecule has 0 aliphatic heterocycles. The van der Waals surface area contributed by atoms with Crippen molar-refractivity contribution in [2.75, 3.05) is 34.2 Å². The van der Waals surface area contributed by atoms with Crippen molar-refractivity contribution in [3.8, 4) is 6.07 Å². The number of rotatable bonds is 8. The third kappa shape index (κ3) is 6.95. The highest BCUT2D eigenvalue weighted by Gasteiger charge is 2.28. The zero-order valence-electron chi connectivity index (χ0n) is 13.1. The first-order chi connectivity index (χ1) is 8.20. The molecule has 18 heavy (non-hydrogen) atoms. The molecule has 0 aliphatic carbocycles. The molecule has 0 aromatic rings.